The van der Waals surface area contributed by atoms with E-state index in [9.17, 15) is 9.59 Å². The molecule has 2 rings (SSSR count). The molecule has 18 heavy (non-hydrogen) atoms. The van der Waals surface area contributed by atoms with Crippen molar-refractivity contribution < 1.29 is 19.4 Å². The van der Waals surface area contributed by atoms with Crippen molar-refractivity contribution in [3.63, 3.8) is 0 Å². The van der Waals surface area contributed by atoms with Gasteiger partial charge in [-0.1, -0.05) is 23.2 Å². The van der Waals surface area contributed by atoms with E-state index in [1.54, 1.807) is 0 Å². The summed E-state index contributed by atoms with van der Waals surface area (Å²) in [4.78, 5) is 22.7. The lowest BCUT2D eigenvalue weighted by atomic mass is 9.92. The van der Waals surface area contributed by atoms with Gasteiger partial charge in [0.2, 0.25) is 11.5 Å². The Morgan fingerprint density at radius 3 is 2.28 bits per heavy atom. The molecule has 4 nitrogen and oxygen atoms in total. The molecule has 0 radical (unpaired) electrons. The molecule has 1 unspecified atom stereocenters. The third kappa shape index (κ3) is 2.09. The molecule has 0 spiro atoms. The molecule has 94 valence electrons. The molecule has 0 aromatic heterocycles. The van der Waals surface area contributed by atoms with Crippen molar-refractivity contribution in [2.45, 2.75) is 12.5 Å². The number of ether oxygens (including phenoxy) is 1. The first-order valence-electron chi connectivity index (χ1n) is 4.98. The molecule has 1 atom stereocenters. The summed E-state index contributed by atoms with van der Waals surface area (Å²) < 4.78 is 5.21. The molecule has 0 fully saturated rings. The zero-order valence-corrected chi connectivity index (χ0v) is 10.7. The summed E-state index contributed by atoms with van der Waals surface area (Å²) in [5.74, 6) is -2.14. The number of aliphatic carboxylic acids is 1. The standard InChI is InChI=1S/C12H8Cl2O4/c1-12(6-2-7(13)4-8(14)3-6)10(15)5-9(18-12)11(16)17/h2-5H,1H3,(H,16,17). The minimum Gasteiger partial charge on any atom is -0.475 e. The van der Waals surface area contributed by atoms with Gasteiger partial charge in [-0.3, -0.25) is 4.79 Å². The summed E-state index contributed by atoms with van der Waals surface area (Å²) in [6, 6.07) is 4.55. The number of hydrogen-bond donors (Lipinski definition) is 1. The quantitative estimate of drug-likeness (QED) is 0.908. The SMILES string of the molecule is CC1(c2cc(Cl)cc(Cl)c2)OC(C(=O)O)=CC1=O. The van der Waals surface area contributed by atoms with Crippen molar-refractivity contribution in [2.75, 3.05) is 0 Å². The highest BCUT2D eigenvalue weighted by molar-refractivity contribution is 6.34. The van der Waals surface area contributed by atoms with E-state index in [4.69, 9.17) is 33.0 Å². The second-order valence-electron chi connectivity index (χ2n) is 3.97. The van der Waals surface area contributed by atoms with Crippen LogP contribution in [0.4, 0.5) is 0 Å². The molecule has 6 heteroatoms. The van der Waals surface area contributed by atoms with E-state index in [2.05, 4.69) is 0 Å². The molecule has 1 aliphatic rings. The van der Waals surface area contributed by atoms with Gasteiger partial charge in [-0.25, -0.2) is 4.79 Å². The Hall–Kier alpha value is -1.52. The van der Waals surface area contributed by atoms with Crippen LogP contribution in [-0.2, 0) is 19.9 Å². The Bertz CT molecular complexity index is 559. The lowest BCUT2D eigenvalue weighted by molar-refractivity contribution is -0.141. The number of carbonyl (C=O) groups excluding carboxylic acids is 1. The van der Waals surface area contributed by atoms with Gasteiger partial charge in [0.25, 0.3) is 0 Å². The molecule has 0 saturated heterocycles. The third-order valence-electron chi connectivity index (χ3n) is 2.67. The highest BCUT2D eigenvalue weighted by Crippen LogP contribution is 2.37. The lowest BCUT2D eigenvalue weighted by Crippen LogP contribution is -2.30. The summed E-state index contributed by atoms with van der Waals surface area (Å²) in [5, 5.41) is 9.51. The lowest BCUT2D eigenvalue weighted by Gasteiger charge is -2.23. The summed E-state index contributed by atoms with van der Waals surface area (Å²) in [6.45, 7) is 1.48. The number of benzene rings is 1. The van der Waals surface area contributed by atoms with Crippen LogP contribution in [0, 0.1) is 0 Å². The second-order valence-corrected chi connectivity index (χ2v) is 4.84. The Morgan fingerprint density at radius 2 is 1.83 bits per heavy atom. The van der Waals surface area contributed by atoms with E-state index < -0.39 is 23.1 Å². The smallest absolute Gasteiger partial charge is 0.371 e. The van der Waals surface area contributed by atoms with Crippen molar-refractivity contribution in [3.05, 3.63) is 45.6 Å². The van der Waals surface area contributed by atoms with E-state index in [1.165, 1.54) is 25.1 Å². The number of carboxylic acids is 1. The monoisotopic (exact) mass is 286 g/mol. The fourth-order valence-electron chi connectivity index (χ4n) is 1.69. The first-order valence-corrected chi connectivity index (χ1v) is 5.73. The van der Waals surface area contributed by atoms with Crippen LogP contribution in [0.1, 0.15) is 12.5 Å². The molecule has 1 aromatic rings. The number of hydrogen-bond acceptors (Lipinski definition) is 3. The van der Waals surface area contributed by atoms with Crippen molar-refractivity contribution in [1.82, 2.24) is 0 Å². The fourth-order valence-corrected chi connectivity index (χ4v) is 2.22. The Labute approximate surface area is 113 Å². The fraction of sp³-hybridized carbons (Fsp3) is 0.167. The largest absolute Gasteiger partial charge is 0.475 e. The Balaban J connectivity index is 2.45. The Kier molecular flexibility index (Phi) is 3.09. The van der Waals surface area contributed by atoms with E-state index in [0.717, 1.165) is 6.08 Å². The number of ketones is 1. The zero-order valence-electron chi connectivity index (χ0n) is 9.24. The van der Waals surface area contributed by atoms with Crippen molar-refractivity contribution >= 4 is 35.0 Å². The van der Waals surface area contributed by atoms with Crippen molar-refractivity contribution in [2.24, 2.45) is 0 Å². The predicted molar refractivity (Wildman–Crippen MR) is 65.6 cm³/mol. The molecule has 0 aliphatic carbocycles. The van der Waals surface area contributed by atoms with Crippen molar-refractivity contribution in [3.8, 4) is 0 Å². The van der Waals surface area contributed by atoms with Crippen molar-refractivity contribution in [1.29, 1.82) is 0 Å². The average Bonchev–Trinajstić information content (AvgIpc) is 2.55. The van der Waals surface area contributed by atoms with E-state index in [1.807, 2.05) is 0 Å². The number of carbonyl (C=O) groups is 2. The normalized spacial score (nSPS) is 22.6. The first-order chi connectivity index (χ1) is 8.33. The van der Waals surface area contributed by atoms with Crippen LogP contribution in [0.5, 0.6) is 0 Å². The van der Waals surface area contributed by atoms with Crippen LogP contribution in [0.2, 0.25) is 10.0 Å². The Morgan fingerprint density at radius 1 is 1.28 bits per heavy atom. The van der Waals surface area contributed by atoms with E-state index in [-0.39, 0.29) is 0 Å². The van der Waals surface area contributed by atoms with Crippen LogP contribution < -0.4 is 0 Å². The van der Waals surface area contributed by atoms with Crippen LogP contribution in [0.15, 0.2) is 30.0 Å². The van der Waals surface area contributed by atoms with Gasteiger partial charge < -0.3 is 9.84 Å². The average molecular weight is 287 g/mol. The summed E-state index contributed by atoms with van der Waals surface area (Å²) in [7, 11) is 0. The van der Waals surface area contributed by atoms with Crippen LogP contribution >= 0.6 is 23.2 Å². The maximum absolute atomic E-state index is 11.9. The molecule has 0 bridgehead atoms. The molecule has 1 heterocycles. The topological polar surface area (TPSA) is 63.6 Å². The van der Waals surface area contributed by atoms with Gasteiger partial charge in [0.05, 0.1) is 0 Å². The predicted octanol–water partition coefficient (Wildman–Crippen LogP) is 2.78. The van der Waals surface area contributed by atoms with Gasteiger partial charge in [-0.05, 0) is 25.1 Å². The van der Waals surface area contributed by atoms with Gasteiger partial charge in [-0.15, -0.1) is 0 Å². The second kappa shape index (κ2) is 4.30. The number of rotatable bonds is 2. The third-order valence-corrected chi connectivity index (χ3v) is 3.11. The van der Waals surface area contributed by atoms with Gasteiger partial charge >= 0.3 is 5.97 Å². The minimum atomic E-state index is -1.40. The highest BCUT2D eigenvalue weighted by atomic mass is 35.5. The van der Waals surface area contributed by atoms with Crippen LogP contribution in [0.25, 0.3) is 0 Å². The van der Waals surface area contributed by atoms with E-state index in [0.29, 0.717) is 15.6 Å². The van der Waals surface area contributed by atoms with Gasteiger partial charge in [-0.2, -0.15) is 0 Å². The molecule has 1 aromatic carbocycles. The maximum atomic E-state index is 11.9. The van der Waals surface area contributed by atoms with Gasteiger partial charge in [0, 0.05) is 21.7 Å². The van der Waals surface area contributed by atoms with Crippen LogP contribution in [-0.4, -0.2) is 16.9 Å². The highest BCUT2D eigenvalue weighted by Gasteiger charge is 2.44. The summed E-state index contributed by atoms with van der Waals surface area (Å²) in [5.41, 5.74) is -0.986. The minimum absolute atomic E-state index is 0.346. The van der Waals surface area contributed by atoms with Gasteiger partial charge in [0.15, 0.2) is 5.60 Å². The van der Waals surface area contributed by atoms with Gasteiger partial charge in [0.1, 0.15) is 0 Å². The summed E-state index contributed by atoms with van der Waals surface area (Å²) >= 11 is 11.7. The molecule has 0 saturated carbocycles. The molecular weight excluding hydrogens is 279 g/mol. The molecular formula is C12H8Cl2O4. The maximum Gasteiger partial charge on any atom is 0.371 e. The summed E-state index contributed by atoms with van der Waals surface area (Å²) in [6.07, 6.45) is 0.955. The molecule has 0 amide bonds. The van der Waals surface area contributed by atoms with E-state index >= 15 is 0 Å². The molecule has 1 aliphatic heterocycles. The zero-order chi connectivity index (χ0) is 13.5. The van der Waals surface area contributed by atoms with Crippen LogP contribution in [0.3, 0.4) is 0 Å². The number of carboxylic acid groups (broad SMARTS) is 1. The number of halogens is 2. The first kappa shape index (κ1) is 12.9. The molecule has 1 N–H and O–H groups in total.